The van der Waals surface area contributed by atoms with Crippen molar-refractivity contribution in [1.82, 2.24) is 15.3 Å². The normalized spacial score (nSPS) is 13.9. The molecule has 4 rings (SSSR count). The lowest BCUT2D eigenvalue weighted by molar-refractivity contribution is 0.0946. The van der Waals surface area contributed by atoms with Gasteiger partial charge in [0.1, 0.15) is 5.82 Å². The number of H-pyrrole nitrogens is 1. The second kappa shape index (κ2) is 7.75. The Morgan fingerprint density at radius 2 is 1.93 bits per heavy atom. The van der Waals surface area contributed by atoms with Crippen LogP contribution in [0.15, 0.2) is 58.7 Å². The van der Waals surface area contributed by atoms with Crippen molar-refractivity contribution >= 4 is 27.8 Å². The molecule has 0 saturated carbocycles. The molecule has 0 bridgehead atoms. The molecule has 0 radical (unpaired) electrons. The molecule has 2 N–H and O–H groups in total. The molecule has 2 aromatic heterocycles. The van der Waals surface area contributed by atoms with Crippen molar-refractivity contribution in [2.75, 3.05) is 24.9 Å². The number of anilines is 1. The summed E-state index contributed by atoms with van der Waals surface area (Å²) < 4.78 is 23.1. The smallest absolute Gasteiger partial charge is 0.253 e. The van der Waals surface area contributed by atoms with E-state index in [9.17, 15) is 13.2 Å². The Morgan fingerprint density at radius 1 is 1.17 bits per heavy atom. The van der Waals surface area contributed by atoms with Crippen LogP contribution in [-0.2, 0) is 16.3 Å². The third-order valence-electron chi connectivity index (χ3n) is 4.88. The quantitative estimate of drug-likeness (QED) is 0.483. The lowest BCUT2D eigenvalue weighted by Crippen LogP contribution is -2.31. The van der Waals surface area contributed by atoms with Crippen LogP contribution >= 0.6 is 0 Å². The second-order valence-electron chi connectivity index (χ2n) is 7.09. The Balaban J connectivity index is 1.54. The highest BCUT2D eigenvalue weighted by molar-refractivity contribution is 7.90. The molecule has 1 aromatic carbocycles. The average molecular weight is 423 g/mol. The van der Waals surface area contributed by atoms with Crippen LogP contribution in [0.3, 0.4) is 0 Å². The predicted molar refractivity (Wildman–Crippen MR) is 116 cm³/mol. The van der Waals surface area contributed by atoms with Gasteiger partial charge in [-0.05, 0) is 35.9 Å². The van der Waals surface area contributed by atoms with Crippen molar-refractivity contribution in [1.29, 1.82) is 0 Å². The number of hydrogen-bond donors (Lipinski definition) is 2. The highest BCUT2D eigenvalue weighted by Crippen LogP contribution is 2.26. The number of carbonyl (C=O) groups is 1. The van der Waals surface area contributed by atoms with Crippen LogP contribution in [0.25, 0.3) is 11.3 Å². The van der Waals surface area contributed by atoms with Gasteiger partial charge in [0.2, 0.25) is 0 Å². The Bertz CT molecular complexity index is 1230. The van der Waals surface area contributed by atoms with Gasteiger partial charge in [0.25, 0.3) is 5.91 Å². The van der Waals surface area contributed by atoms with Crippen LogP contribution in [0, 0.1) is 0 Å². The zero-order chi connectivity index (χ0) is 21.3. The summed E-state index contributed by atoms with van der Waals surface area (Å²) in [6, 6.07) is 12.1. The Kier molecular flexibility index (Phi) is 5.13. The van der Waals surface area contributed by atoms with Gasteiger partial charge >= 0.3 is 0 Å². The molecule has 1 amide bonds. The lowest BCUT2D eigenvalue weighted by atomic mass is 10.1. The molecule has 1 aliphatic heterocycles. The number of benzene rings is 1. The molecule has 8 nitrogen and oxygen atoms in total. The standard InChI is InChI=1S/C21H21N5O3S/c1-26(24-13-14-3-5-16(6-4-14)30(2,28)29)20-11-15(7-9-22-20)19-12-17-18(25-19)8-10-23-21(17)27/h3-7,9,11-13,25H,8,10H2,1-2H3,(H,23,27). The third-order valence-corrected chi connectivity index (χ3v) is 6.01. The summed E-state index contributed by atoms with van der Waals surface area (Å²) in [5, 5.41) is 8.86. The highest BCUT2D eigenvalue weighted by Gasteiger charge is 2.20. The van der Waals surface area contributed by atoms with E-state index in [0.717, 1.165) is 28.9 Å². The Hall–Kier alpha value is -3.46. The molecule has 3 aromatic rings. The largest absolute Gasteiger partial charge is 0.358 e. The van der Waals surface area contributed by atoms with E-state index in [1.54, 1.807) is 48.7 Å². The summed E-state index contributed by atoms with van der Waals surface area (Å²) in [5.74, 6) is 0.574. The van der Waals surface area contributed by atoms with E-state index in [1.807, 2.05) is 18.2 Å². The number of sulfone groups is 1. The van der Waals surface area contributed by atoms with E-state index in [1.165, 1.54) is 6.26 Å². The van der Waals surface area contributed by atoms with Gasteiger partial charge < -0.3 is 10.3 Å². The molecule has 9 heteroatoms. The van der Waals surface area contributed by atoms with Crippen molar-refractivity contribution in [2.45, 2.75) is 11.3 Å². The molecule has 30 heavy (non-hydrogen) atoms. The minimum absolute atomic E-state index is 0.0587. The van der Waals surface area contributed by atoms with E-state index >= 15 is 0 Å². The molecule has 0 spiro atoms. The van der Waals surface area contributed by atoms with Crippen molar-refractivity contribution in [3.05, 3.63) is 65.5 Å². The molecule has 154 valence electrons. The highest BCUT2D eigenvalue weighted by atomic mass is 32.2. The first kappa shape index (κ1) is 19.8. The van der Waals surface area contributed by atoms with E-state index in [-0.39, 0.29) is 10.8 Å². The maximum absolute atomic E-state index is 12.0. The van der Waals surface area contributed by atoms with Crippen molar-refractivity contribution in [3.63, 3.8) is 0 Å². The molecule has 1 aliphatic rings. The van der Waals surface area contributed by atoms with Crippen LogP contribution < -0.4 is 10.3 Å². The maximum Gasteiger partial charge on any atom is 0.253 e. The average Bonchev–Trinajstić information content (AvgIpc) is 3.18. The van der Waals surface area contributed by atoms with Crippen LogP contribution in [-0.4, -0.2) is 50.4 Å². The van der Waals surface area contributed by atoms with E-state index < -0.39 is 9.84 Å². The number of hydrogen-bond acceptors (Lipinski definition) is 6. The minimum Gasteiger partial charge on any atom is -0.358 e. The summed E-state index contributed by atoms with van der Waals surface area (Å²) in [5.41, 5.74) is 4.15. The van der Waals surface area contributed by atoms with Gasteiger partial charge in [0.05, 0.1) is 16.7 Å². The van der Waals surface area contributed by atoms with Crippen LogP contribution in [0.4, 0.5) is 5.82 Å². The zero-order valence-corrected chi connectivity index (χ0v) is 17.4. The zero-order valence-electron chi connectivity index (χ0n) is 16.6. The first-order valence-electron chi connectivity index (χ1n) is 9.35. The Labute approximate surface area is 174 Å². The fraction of sp³-hybridized carbons (Fsp3) is 0.190. The number of hydrazone groups is 1. The number of aromatic amines is 1. The number of carbonyl (C=O) groups excluding carboxylic acids is 1. The first-order valence-corrected chi connectivity index (χ1v) is 11.2. The maximum atomic E-state index is 12.0. The number of nitrogens with zero attached hydrogens (tertiary/aromatic N) is 3. The van der Waals surface area contributed by atoms with Crippen LogP contribution in [0.5, 0.6) is 0 Å². The van der Waals surface area contributed by atoms with Gasteiger partial charge in [-0.1, -0.05) is 12.1 Å². The summed E-state index contributed by atoms with van der Waals surface area (Å²) in [4.78, 5) is 20.0. The number of pyridine rings is 1. The third kappa shape index (κ3) is 4.11. The minimum atomic E-state index is -3.22. The summed E-state index contributed by atoms with van der Waals surface area (Å²) in [7, 11) is -1.44. The van der Waals surface area contributed by atoms with Crippen molar-refractivity contribution < 1.29 is 13.2 Å². The fourth-order valence-corrected chi connectivity index (χ4v) is 3.86. The number of rotatable bonds is 5. The molecule has 3 heterocycles. The van der Waals surface area contributed by atoms with Crippen LogP contribution in [0.2, 0.25) is 0 Å². The second-order valence-corrected chi connectivity index (χ2v) is 9.11. The number of fused-ring (bicyclic) bond motifs is 1. The molecule has 0 aliphatic carbocycles. The van der Waals surface area contributed by atoms with Gasteiger partial charge in [-0.25, -0.2) is 13.4 Å². The summed E-state index contributed by atoms with van der Waals surface area (Å²) in [6.07, 6.45) is 5.28. The van der Waals surface area contributed by atoms with E-state index in [0.29, 0.717) is 17.9 Å². The van der Waals surface area contributed by atoms with Crippen molar-refractivity contribution in [3.8, 4) is 11.3 Å². The lowest BCUT2D eigenvalue weighted by Gasteiger charge is -2.12. The SMILES string of the molecule is CN(N=Cc1ccc(S(C)(=O)=O)cc1)c1cc(-c2cc3c([nH]2)CCNC3=O)ccn1. The fourth-order valence-electron chi connectivity index (χ4n) is 3.23. The monoisotopic (exact) mass is 423 g/mol. The predicted octanol–water partition coefficient (Wildman–Crippen LogP) is 2.24. The summed E-state index contributed by atoms with van der Waals surface area (Å²) in [6.45, 7) is 0.635. The van der Waals surface area contributed by atoms with Gasteiger partial charge in [0.15, 0.2) is 9.84 Å². The number of nitrogens with one attached hydrogen (secondary N) is 2. The van der Waals surface area contributed by atoms with E-state index in [2.05, 4.69) is 20.4 Å². The molecule has 0 atom stereocenters. The molecule has 0 saturated heterocycles. The van der Waals surface area contributed by atoms with Crippen molar-refractivity contribution in [2.24, 2.45) is 5.10 Å². The molecular formula is C21H21N5O3S. The molecular weight excluding hydrogens is 402 g/mol. The Morgan fingerprint density at radius 3 is 2.63 bits per heavy atom. The van der Waals surface area contributed by atoms with Gasteiger partial charge in [-0.3, -0.25) is 9.80 Å². The number of aromatic nitrogens is 2. The summed E-state index contributed by atoms with van der Waals surface area (Å²) >= 11 is 0. The molecule has 0 unspecified atom stereocenters. The molecule has 0 fully saturated rings. The van der Waals surface area contributed by atoms with Crippen LogP contribution in [0.1, 0.15) is 21.6 Å². The topological polar surface area (TPSA) is 108 Å². The van der Waals surface area contributed by atoms with Gasteiger partial charge in [-0.2, -0.15) is 5.10 Å². The first-order chi connectivity index (χ1) is 14.3. The van der Waals surface area contributed by atoms with Gasteiger partial charge in [0, 0.05) is 49.4 Å². The van der Waals surface area contributed by atoms with Gasteiger partial charge in [-0.15, -0.1) is 0 Å². The van der Waals surface area contributed by atoms with E-state index in [4.69, 9.17) is 0 Å². The number of amides is 1.